The van der Waals surface area contributed by atoms with E-state index in [1.165, 1.54) is 6.07 Å². The first-order chi connectivity index (χ1) is 8.60. The summed E-state index contributed by atoms with van der Waals surface area (Å²) in [6.07, 6.45) is 5.17. The summed E-state index contributed by atoms with van der Waals surface area (Å²) in [5.41, 5.74) is 0.435. The van der Waals surface area contributed by atoms with Crippen LogP contribution in [0.15, 0.2) is 23.2 Å². The van der Waals surface area contributed by atoms with Crippen molar-refractivity contribution in [3.63, 3.8) is 0 Å². The maximum Gasteiger partial charge on any atom is 0.194 e. The molecule has 0 spiro atoms. The van der Waals surface area contributed by atoms with Gasteiger partial charge in [-0.25, -0.2) is 4.39 Å². The molecule has 0 unspecified atom stereocenters. The van der Waals surface area contributed by atoms with Gasteiger partial charge >= 0.3 is 0 Å². The van der Waals surface area contributed by atoms with Gasteiger partial charge < -0.3 is 10.2 Å². The smallest absolute Gasteiger partial charge is 0.194 e. The number of hydrogen-bond acceptors (Lipinski definition) is 1. The normalized spacial score (nSPS) is 10.9. The number of benzene rings is 1. The van der Waals surface area contributed by atoms with E-state index >= 15 is 0 Å². The fourth-order valence-electron chi connectivity index (χ4n) is 1.51. The molecular weight excluding hydrogens is 253 g/mol. The van der Waals surface area contributed by atoms with Crippen molar-refractivity contribution in [3.05, 3.63) is 34.6 Å². The molecule has 0 aliphatic carbocycles. The Morgan fingerprint density at radius 1 is 1.61 bits per heavy atom. The number of guanidine groups is 1. The molecule has 0 heterocycles. The number of hydrogen-bond donors (Lipinski definition) is 1. The second-order valence-electron chi connectivity index (χ2n) is 3.66. The van der Waals surface area contributed by atoms with E-state index in [-0.39, 0.29) is 5.82 Å². The molecule has 0 bridgehead atoms. The van der Waals surface area contributed by atoms with Crippen LogP contribution in [0.4, 0.5) is 4.39 Å². The van der Waals surface area contributed by atoms with Gasteiger partial charge in [0.1, 0.15) is 5.82 Å². The molecule has 5 heteroatoms. The lowest BCUT2D eigenvalue weighted by Crippen LogP contribution is -2.38. The zero-order chi connectivity index (χ0) is 13.5. The molecule has 1 N–H and O–H groups in total. The summed E-state index contributed by atoms with van der Waals surface area (Å²) in [4.78, 5) is 5.80. The van der Waals surface area contributed by atoms with Gasteiger partial charge in [0.05, 0.1) is 6.54 Å². The second kappa shape index (κ2) is 6.87. The van der Waals surface area contributed by atoms with Crippen molar-refractivity contribution in [1.82, 2.24) is 10.2 Å². The van der Waals surface area contributed by atoms with Crippen LogP contribution < -0.4 is 5.32 Å². The third kappa shape index (κ3) is 3.64. The summed E-state index contributed by atoms with van der Waals surface area (Å²) in [6, 6.07) is 4.62. The SMILES string of the molecule is C#CCNC(=NC)N(C)Cc1c(F)cccc1Cl. The van der Waals surface area contributed by atoms with Crippen molar-refractivity contribution in [3.8, 4) is 12.3 Å². The Hall–Kier alpha value is -1.73. The minimum Gasteiger partial charge on any atom is -0.345 e. The van der Waals surface area contributed by atoms with Gasteiger partial charge in [-0.15, -0.1) is 6.42 Å². The van der Waals surface area contributed by atoms with Crippen LogP contribution in [0.25, 0.3) is 0 Å². The van der Waals surface area contributed by atoms with E-state index in [9.17, 15) is 4.39 Å². The van der Waals surface area contributed by atoms with Gasteiger partial charge in [0.25, 0.3) is 0 Å². The number of nitrogens with one attached hydrogen (secondary N) is 1. The van der Waals surface area contributed by atoms with Crippen molar-refractivity contribution < 1.29 is 4.39 Å². The molecule has 0 amide bonds. The fourth-order valence-corrected chi connectivity index (χ4v) is 1.73. The van der Waals surface area contributed by atoms with Gasteiger partial charge in [-0.05, 0) is 12.1 Å². The molecule has 0 fully saturated rings. The average Bonchev–Trinajstić information content (AvgIpc) is 2.35. The molecule has 0 aliphatic heterocycles. The fraction of sp³-hybridized carbons (Fsp3) is 0.308. The van der Waals surface area contributed by atoms with Crippen molar-refractivity contribution >= 4 is 17.6 Å². The van der Waals surface area contributed by atoms with Crippen molar-refractivity contribution in [2.24, 2.45) is 4.99 Å². The molecule has 0 aromatic heterocycles. The Labute approximate surface area is 112 Å². The Bertz CT molecular complexity index is 459. The molecule has 0 radical (unpaired) electrons. The predicted molar refractivity (Wildman–Crippen MR) is 73.1 cm³/mol. The van der Waals surface area contributed by atoms with Crippen molar-refractivity contribution in [2.75, 3.05) is 20.6 Å². The van der Waals surface area contributed by atoms with E-state index in [4.69, 9.17) is 18.0 Å². The van der Waals surface area contributed by atoms with Gasteiger partial charge in [0, 0.05) is 31.2 Å². The number of rotatable bonds is 3. The molecule has 1 aromatic rings. The lowest BCUT2D eigenvalue weighted by atomic mass is 10.2. The highest BCUT2D eigenvalue weighted by Crippen LogP contribution is 2.20. The van der Waals surface area contributed by atoms with E-state index < -0.39 is 0 Å². The molecule has 0 aliphatic rings. The summed E-state index contributed by atoms with van der Waals surface area (Å²) in [5, 5.41) is 3.35. The first-order valence-corrected chi connectivity index (χ1v) is 5.76. The van der Waals surface area contributed by atoms with Gasteiger partial charge in [-0.2, -0.15) is 0 Å². The summed E-state index contributed by atoms with van der Waals surface area (Å²) in [6.45, 7) is 0.678. The summed E-state index contributed by atoms with van der Waals surface area (Å²) < 4.78 is 13.6. The molecule has 1 rings (SSSR count). The maximum atomic E-state index is 13.6. The lowest BCUT2D eigenvalue weighted by molar-refractivity contribution is 0.464. The summed E-state index contributed by atoms with van der Waals surface area (Å²) in [5.74, 6) is 2.71. The maximum absolute atomic E-state index is 13.6. The van der Waals surface area contributed by atoms with Gasteiger partial charge in [-0.3, -0.25) is 4.99 Å². The van der Waals surface area contributed by atoms with Crippen LogP contribution in [-0.2, 0) is 6.54 Å². The van der Waals surface area contributed by atoms with Crippen molar-refractivity contribution in [2.45, 2.75) is 6.54 Å². The van der Waals surface area contributed by atoms with Crippen LogP contribution >= 0.6 is 11.6 Å². The molecule has 3 nitrogen and oxygen atoms in total. The van der Waals surface area contributed by atoms with Gasteiger partial charge in [0.15, 0.2) is 5.96 Å². The zero-order valence-corrected chi connectivity index (χ0v) is 11.1. The van der Waals surface area contributed by atoms with E-state index in [1.54, 1.807) is 31.1 Å². The highest BCUT2D eigenvalue weighted by molar-refractivity contribution is 6.31. The van der Waals surface area contributed by atoms with Crippen molar-refractivity contribution in [1.29, 1.82) is 0 Å². The van der Waals surface area contributed by atoms with E-state index in [0.29, 0.717) is 29.6 Å². The van der Waals surface area contributed by atoms with Crippen LogP contribution in [0, 0.1) is 18.2 Å². The molecule has 0 saturated heterocycles. The zero-order valence-electron chi connectivity index (χ0n) is 10.4. The van der Waals surface area contributed by atoms with Crippen LogP contribution in [0.5, 0.6) is 0 Å². The highest BCUT2D eigenvalue weighted by Gasteiger charge is 2.12. The van der Waals surface area contributed by atoms with Crippen LogP contribution in [0.3, 0.4) is 0 Å². The Kier molecular flexibility index (Phi) is 5.47. The van der Waals surface area contributed by atoms with Gasteiger partial charge in [-0.1, -0.05) is 23.6 Å². The summed E-state index contributed by atoms with van der Waals surface area (Å²) in [7, 11) is 3.42. The molecule has 1 aromatic carbocycles. The number of halogens is 2. The number of terminal acetylenes is 1. The van der Waals surface area contributed by atoms with Crippen LogP contribution in [-0.4, -0.2) is 31.5 Å². The summed E-state index contributed by atoms with van der Waals surface area (Å²) >= 11 is 5.97. The first-order valence-electron chi connectivity index (χ1n) is 5.38. The number of aliphatic imine (C=N–C) groups is 1. The first kappa shape index (κ1) is 14.3. The second-order valence-corrected chi connectivity index (χ2v) is 4.07. The number of nitrogens with zero attached hydrogens (tertiary/aromatic N) is 2. The van der Waals surface area contributed by atoms with Crippen LogP contribution in [0.1, 0.15) is 5.56 Å². The third-order valence-electron chi connectivity index (χ3n) is 2.38. The van der Waals surface area contributed by atoms with Gasteiger partial charge in [0.2, 0.25) is 0 Å². The standard InChI is InChI=1S/C13H15ClFN3/c1-4-8-17-13(16-2)18(3)9-10-11(14)6-5-7-12(10)15/h1,5-7H,8-9H2,2-3H3,(H,16,17). The predicted octanol–water partition coefficient (Wildman–Crippen LogP) is 2.12. The average molecular weight is 268 g/mol. The molecule has 0 saturated carbocycles. The molecule has 0 atom stereocenters. The molecule has 96 valence electrons. The largest absolute Gasteiger partial charge is 0.345 e. The highest BCUT2D eigenvalue weighted by atomic mass is 35.5. The minimum atomic E-state index is -0.332. The Balaban J connectivity index is 2.81. The lowest BCUT2D eigenvalue weighted by Gasteiger charge is -2.22. The van der Waals surface area contributed by atoms with E-state index in [1.807, 2.05) is 0 Å². The quantitative estimate of drug-likeness (QED) is 0.516. The van der Waals surface area contributed by atoms with E-state index in [2.05, 4.69) is 16.2 Å². The van der Waals surface area contributed by atoms with E-state index in [0.717, 1.165) is 0 Å². The minimum absolute atomic E-state index is 0.315. The Morgan fingerprint density at radius 3 is 2.89 bits per heavy atom. The Morgan fingerprint density at radius 2 is 2.33 bits per heavy atom. The topological polar surface area (TPSA) is 27.6 Å². The molecule has 18 heavy (non-hydrogen) atoms. The monoisotopic (exact) mass is 267 g/mol. The molecular formula is C13H15ClFN3. The van der Waals surface area contributed by atoms with Crippen LogP contribution in [0.2, 0.25) is 5.02 Å². The third-order valence-corrected chi connectivity index (χ3v) is 2.73.